The Kier molecular flexibility index (Phi) is 4.37. The van der Waals surface area contributed by atoms with E-state index in [1.165, 1.54) is 0 Å². The number of hydrogen-bond donors (Lipinski definition) is 1. The number of alkyl halides is 8. The highest BCUT2D eigenvalue weighted by atomic mass is 19.4. The lowest BCUT2D eigenvalue weighted by Gasteiger charge is -2.26. The van der Waals surface area contributed by atoms with E-state index >= 15 is 0 Å². The first-order chi connectivity index (χ1) is 9.25. The highest BCUT2D eigenvalue weighted by Crippen LogP contribution is 2.44. The van der Waals surface area contributed by atoms with Gasteiger partial charge in [-0.05, 0) is 18.2 Å². The van der Waals surface area contributed by atoms with Crippen LogP contribution in [0.3, 0.4) is 0 Å². The average molecular weight is 327 g/mol. The first kappa shape index (κ1) is 17.4. The third kappa shape index (κ3) is 3.93. The van der Waals surface area contributed by atoms with Crippen LogP contribution in [0.25, 0.3) is 0 Å². The normalized spacial score (nSPS) is 15.0. The molecule has 11 heteroatoms. The number of hydrogen-bond acceptors (Lipinski definition) is 2. The van der Waals surface area contributed by atoms with E-state index in [1.54, 1.807) is 0 Å². The van der Waals surface area contributed by atoms with E-state index in [0.717, 1.165) is 0 Å². The zero-order valence-corrected chi connectivity index (χ0v) is 9.70. The van der Waals surface area contributed by atoms with Gasteiger partial charge in [-0.15, -0.1) is 13.2 Å². The Labute approximate surface area is 111 Å². The quantitative estimate of drug-likeness (QED) is 0.854. The predicted molar refractivity (Wildman–Crippen MR) is 51.0 cm³/mol. The van der Waals surface area contributed by atoms with Gasteiger partial charge in [-0.3, -0.25) is 0 Å². The van der Waals surface area contributed by atoms with Crippen LogP contribution >= 0.6 is 0 Å². The Morgan fingerprint density at radius 3 is 1.90 bits per heavy atom. The van der Waals surface area contributed by atoms with Crippen LogP contribution in [0, 0.1) is 5.82 Å². The van der Waals surface area contributed by atoms with Gasteiger partial charge in [0.15, 0.2) is 0 Å². The van der Waals surface area contributed by atoms with E-state index in [2.05, 4.69) is 10.5 Å². The lowest BCUT2D eigenvalue weighted by molar-refractivity contribution is -0.291. The zero-order chi connectivity index (χ0) is 16.6. The summed E-state index contributed by atoms with van der Waals surface area (Å²) in [7, 11) is 0. The second kappa shape index (κ2) is 5.28. The third-order valence-corrected chi connectivity index (χ3v) is 2.30. The van der Waals surface area contributed by atoms with E-state index in [9.17, 15) is 39.5 Å². The SMILES string of the molecule is N[C@@H](c1cc(OC(F)(F)F)ccc1F)C(F)(F)C(F)(F)F. The number of benzene rings is 1. The smallest absolute Gasteiger partial charge is 0.406 e. The standard InChI is InChI=1S/C10H6F9NO/c11-6-2-1-4(21-10(17,18)19)3-5(6)7(20)8(12,13)9(14,15)16/h1-3,7H,20H2/t7-/m0/s1. The monoisotopic (exact) mass is 327 g/mol. The predicted octanol–water partition coefficient (Wildman–Crippen LogP) is 3.92. The summed E-state index contributed by atoms with van der Waals surface area (Å²) >= 11 is 0. The maximum Gasteiger partial charge on any atom is 0.573 e. The van der Waals surface area contributed by atoms with Gasteiger partial charge in [-0.25, -0.2) is 4.39 Å². The molecule has 0 fully saturated rings. The van der Waals surface area contributed by atoms with Crippen LogP contribution in [-0.4, -0.2) is 18.5 Å². The fraction of sp³-hybridized carbons (Fsp3) is 0.400. The Hall–Kier alpha value is -1.65. The molecule has 2 N–H and O–H groups in total. The molecule has 0 spiro atoms. The topological polar surface area (TPSA) is 35.2 Å². The molecule has 1 atom stereocenters. The van der Waals surface area contributed by atoms with Crippen LogP contribution in [0.5, 0.6) is 5.75 Å². The van der Waals surface area contributed by atoms with Crippen molar-refractivity contribution < 1.29 is 44.3 Å². The van der Waals surface area contributed by atoms with Gasteiger partial charge >= 0.3 is 18.5 Å². The summed E-state index contributed by atoms with van der Waals surface area (Å²) in [5.41, 5.74) is 3.19. The van der Waals surface area contributed by atoms with Gasteiger partial charge < -0.3 is 10.5 Å². The molecule has 1 aromatic rings. The first-order valence-electron chi connectivity index (χ1n) is 5.01. The van der Waals surface area contributed by atoms with E-state index in [0.29, 0.717) is 6.07 Å². The first-order valence-corrected chi connectivity index (χ1v) is 5.01. The summed E-state index contributed by atoms with van der Waals surface area (Å²) in [6.45, 7) is 0. The summed E-state index contributed by atoms with van der Waals surface area (Å²) in [4.78, 5) is 0. The number of halogens is 9. The van der Waals surface area contributed by atoms with Crippen LogP contribution < -0.4 is 10.5 Å². The molecule has 0 saturated carbocycles. The molecule has 21 heavy (non-hydrogen) atoms. The van der Waals surface area contributed by atoms with Crippen molar-refractivity contribution in [1.82, 2.24) is 0 Å². The lowest BCUT2D eigenvalue weighted by atomic mass is 10.00. The fourth-order valence-electron chi connectivity index (χ4n) is 1.33. The van der Waals surface area contributed by atoms with Crippen LogP contribution in [0.4, 0.5) is 39.5 Å². The molecule has 0 bridgehead atoms. The molecule has 0 radical (unpaired) electrons. The summed E-state index contributed by atoms with van der Waals surface area (Å²) in [5, 5.41) is 0. The second-order valence-electron chi connectivity index (χ2n) is 3.83. The molecule has 0 amide bonds. The maximum absolute atomic E-state index is 13.3. The van der Waals surface area contributed by atoms with Crippen molar-refractivity contribution >= 4 is 0 Å². The van der Waals surface area contributed by atoms with Crippen molar-refractivity contribution in [2.24, 2.45) is 5.73 Å². The Bertz CT molecular complexity index is 508. The number of nitrogens with two attached hydrogens (primary N) is 1. The fourth-order valence-corrected chi connectivity index (χ4v) is 1.33. The van der Waals surface area contributed by atoms with Gasteiger partial charge in [-0.1, -0.05) is 0 Å². The van der Waals surface area contributed by atoms with Crippen LogP contribution in [0.1, 0.15) is 11.6 Å². The molecule has 1 aromatic carbocycles. The molecule has 1 rings (SSSR count). The van der Waals surface area contributed by atoms with Crippen molar-refractivity contribution in [3.8, 4) is 5.75 Å². The van der Waals surface area contributed by atoms with Crippen LogP contribution in [0.15, 0.2) is 18.2 Å². The van der Waals surface area contributed by atoms with E-state index in [-0.39, 0.29) is 12.1 Å². The Morgan fingerprint density at radius 1 is 0.952 bits per heavy atom. The highest BCUT2D eigenvalue weighted by molar-refractivity contribution is 5.33. The van der Waals surface area contributed by atoms with Crippen molar-refractivity contribution in [2.75, 3.05) is 0 Å². The molecular weight excluding hydrogens is 321 g/mol. The number of ether oxygens (including phenoxy) is 1. The summed E-state index contributed by atoms with van der Waals surface area (Å²) in [5.74, 6) is -8.33. The Balaban J connectivity index is 3.21. The second-order valence-corrected chi connectivity index (χ2v) is 3.83. The maximum atomic E-state index is 13.3. The van der Waals surface area contributed by atoms with Crippen molar-refractivity contribution in [1.29, 1.82) is 0 Å². The zero-order valence-electron chi connectivity index (χ0n) is 9.70. The van der Waals surface area contributed by atoms with Gasteiger partial charge in [0, 0.05) is 5.56 Å². The van der Waals surface area contributed by atoms with Gasteiger partial charge in [0.1, 0.15) is 17.6 Å². The average Bonchev–Trinajstić information content (AvgIpc) is 2.27. The van der Waals surface area contributed by atoms with Gasteiger partial charge in [0.2, 0.25) is 0 Å². The summed E-state index contributed by atoms with van der Waals surface area (Å²) in [6, 6.07) is -2.55. The van der Waals surface area contributed by atoms with Crippen molar-refractivity contribution in [3.05, 3.63) is 29.6 Å². The third-order valence-electron chi connectivity index (χ3n) is 2.30. The molecule has 2 nitrogen and oxygen atoms in total. The molecule has 120 valence electrons. The highest BCUT2D eigenvalue weighted by Gasteiger charge is 2.62. The summed E-state index contributed by atoms with van der Waals surface area (Å²) in [6.07, 6.45) is -11.3. The molecule has 0 aromatic heterocycles. The van der Waals surface area contributed by atoms with Crippen LogP contribution in [0.2, 0.25) is 0 Å². The molecule has 0 aliphatic heterocycles. The Morgan fingerprint density at radius 2 is 1.48 bits per heavy atom. The van der Waals surface area contributed by atoms with E-state index in [4.69, 9.17) is 0 Å². The minimum atomic E-state index is -6.10. The minimum Gasteiger partial charge on any atom is -0.406 e. The molecule has 0 aliphatic rings. The van der Waals surface area contributed by atoms with E-state index < -0.39 is 41.6 Å². The van der Waals surface area contributed by atoms with E-state index in [1.807, 2.05) is 0 Å². The van der Waals surface area contributed by atoms with Crippen LogP contribution in [-0.2, 0) is 0 Å². The molecule has 0 unspecified atom stereocenters. The molecule has 0 heterocycles. The molecular formula is C10H6F9NO. The van der Waals surface area contributed by atoms with Crippen molar-refractivity contribution in [3.63, 3.8) is 0 Å². The van der Waals surface area contributed by atoms with Gasteiger partial charge in [0.25, 0.3) is 0 Å². The molecule has 0 aliphatic carbocycles. The van der Waals surface area contributed by atoms with Crippen molar-refractivity contribution in [2.45, 2.75) is 24.5 Å². The lowest BCUT2D eigenvalue weighted by Crippen LogP contribution is -2.46. The molecule has 0 saturated heterocycles. The van der Waals surface area contributed by atoms with Gasteiger partial charge in [-0.2, -0.15) is 22.0 Å². The summed E-state index contributed by atoms with van der Waals surface area (Å²) < 4.78 is 115. The largest absolute Gasteiger partial charge is 0.573 e. The number of rotatable bonds is 3. The minimum absolute atomic E-state index is 0.0349. The van der Waals surface area contributed by atoms with Gasteiger partial charge in [0.05, 0.1) is 0 Å².